The van der Waals surface area contributed by atoms with E-state index in [2.05, 4.69) is 10.6 Å². The summed E-state index contributed by atoms with van der Waals surface area (Å²) < 4.78 is 62.4. The first-order chi connectivity index (χ1) is 22.9. The highest BCUT2D eigenvalue weighted by molar-refractivity contribution is 7.89. The Bertz CT molecular complexity index is 1520. The molecule has 2 fully saturated rings. The lowest BCUT2D eigenvalue weighted by Gasteiger charge is -2.31. The molecule has 0 aliphatic carbocycles. The van der Waals surface area contributed by atoms with Gasteiger partial charge in [0.15, 0.2) is 17.8 Å². The van der Waals surface area contributed by atoms with E-state index in [0.29, 0.717) is 30.3 Å². The lowest BCUT2D eigenvalue weighted by atomic mass is 10.0. The molecule has 2 saturated heterocycles. The predicted molar refractivity (Wildman–Crippen MR) is 172 cm³/mol. The molecule has 15 heteroatoms. The molecular formula is C33H45N3O11S. The highest BCUT2D eigenvalue weighted by Gasteiger charge is 2.44. The highest BCUT2D eigenvalue weighted by Crippen LogP contribution is 2.35. The molecule has 1 unspecified atom stereocenters. The fourth-order valence-corrected chi connectivity index (χ4v) is 7.58. The fourth-order valence-electron chi connectivity index (χ4n) is 5.94. The van der Waals surface area contributed by atoms with E-state index in [1.807, 2.05) is 20.8 Å². The van der Waals surface area contributed by atoms with Gasteiger partial charge in [-0.3, -0.25) is 4.79 Å². The number of carbonyl (C=O) groups excluding carboxylic acids is 2. The van der Waals surface area contributed by atoms with E-state index in [0.717, 1.165) is 5.56 Å². The summed E-state index contributed by atoms with van der Waals surface area (Å²) in [5.41, 5.74) is 0.754. The minimum Gasteiger partial charge on any atom is -0.491 e. The van der Waals surface area contributed by atoms with Crippen LogP contribution in [0.25, 0.3) is 0 Å². The number of aliphatic hydroxyl groups is 1. The Morgan fingerprint density at radius 1 is 1.02 bits per heavy atom. The van der Waals surface area contributed by atoms with E-state index < -0.39 is 40.7 Å². The van der Waals surface area contributed by atoms with E-state index in [1.165, 1.54) is 23.4 Å². The molecule has 2 aromatic rings. The second-order valence-electron chi connectivity index (χ2n) is 12.8. The number of alkyl carbamates (subject to hydrolysis) is 1. The predicted octanol–water partition coefficient (Wildman–Crippen LogP) is 2.43. The number of amides is 2. The zero-order valence-corrected chi connectivity index (χ0v) is 28.4. The third-order valence-corrected chi connectivity index (χ3v) is 10.1. The Kier molecular flexibility index (Phi) is 11.7. The van der Waals surface area contributed by atoms with E-state index in [1.54, 1.807) is 30.3 Å². The lowest BCUT2D eigenvalue weighted by molar-refractivity contribution is -0.119. The van der Waals surface area contributed by atoms with Crippen molar-refractivity contribution in [3.63, 3.8) is 0 Å². The van der Waals surface area contributed by atoms with Crippen molar-refractivity contribution in [2.24, 2.45) is 11.8 Å². The molecule has 3 aliphatic heterocycles. The minimum atomic E-state index is -4.08. The molecule has 0 bridgehead atoms. The summed E-state index contributed by atoms with van der Waals surface area (Å²) in [5, 5.41) is 17.2. The molecule has 2 aromatic carbocycles. The number of nitrogens with one attached hydrogen (secondary N) is 2. The second-order valence-corrected chi connectivity index (χ2v) is 14.7. The summed E-state index contributed by atoms with van der Waals surface area (Å²) in [6.45, 7) is 7.86. The Morgan fingerprint density at radius 2 is 1.77 bits per heavy atom. The molecule has 3 heterocycles. The van der Waals surface area contributed by atoms with E-state index in [9.17, 15) is 23.1 Å². The van der Waals surface area contributed by atoms with E-state index >= 15 is 0 Å². The van der Waals surface area contributed by atoms with Crippen molar-refractivity contribution in [2.45, 2.75) is 76.0 Å². The first-order valence-electron chi connectivity index (χ1n) is 16.2. The van der Waals surface area contributed by atoms with Gasteiger partial charge >= 0.3 is 6.09 Å². The molecule has 0 spiro atoms. The van der Waals surface area contributed by atoms with Crippen molar-refractivity contribution in [3.8, 4) is 17.2 Å². The number of hydrogen-bond donors (Lipinski definition) is 3. The smallest absolute Gasteiger partial charge is 0.407 e. The van der Waals surface area contributed by atoms with Gasteiger partial charge in [-0.15, -0.1) is 0 Å². The van der Waals surface area contributed by atoms with E-state index in [4.69, 9.17) is 28.4 Å². The maximum absolute atomic E-state index is 13.9. The molecule has 5 rings (SSSR count). The number of carbonyl (C=O) groups is 2. The van der Waals surface area contributed by atoms with Crippen LogP contribution in [-0.2, 0) is 35.4 Å². The lowest BCUT2D eigenvalue weighted by Crippen LogP contribution is -2.51. The summed E-state index contributed by atoms with van der Waals surface area (Å²) in [7, 11) is -4.08. The van der Waals surface area contributed by atoms with Crippen LogP contribution >= 0.6 is 0 Å². The standard InChI is InChI=1S/C33H45N3O11S/c1-20(2)15-36(48(40,41)25-9-10-29-30(14-25)46-19-45-29)16-28(38)27(35-33(39)47-31-18-44-32-26(31)11-12-42-32)13-23-5-7-24(8-6-23)43-17-21(3)34-22(4)37/h5-10,14,20-21,26-28,31-32,38H,11-13,15-19H2,1-4H3,(H,34,37)(H,35,39)/t21?,26-,27-,28+,31-,32+/m0/s1. The van der Waals surface area contributed by atoms with Crippen molar-refractivity contribution in [2.75, 3.05) is 39.7 Å². The van der Waals surface area contributed by atoms with Crippen molar-refractivity contribution < 1.29 is 51.5 Å². The van der Waals surface area contributed by atoms with Gasteiger partial charge < -0.3 is 44.2 Å². The maximum atomic E-state index is 13.9. The minimum absolute atomic E-state index is 0.00139. The molecule has 0 aromatic heterocycles. The van der Waals surface area contributed by atoms with Crippen LogP contribution in [0.1, 0.15) is 39.7 Å². The number of ether oxygens (including phenoxy) is 6. The molecular weight excluding hydrogens is 646 g/mol. The number of nitrogens with zero attached hydrogens (tertiary/aromatic N) is 1. The van der Waals surface area contributed by atoms with Gasteiger partial charge in [-0.1, -0.05) is 26.0 Å². The summed E-state index contributed by atoms with van der Waals surface area (Å²) in [5.74, 6) is 1.06. The number of sulfonamides is 1. The topological polar surface area (TPSA) is 171 Å². The first kappa shape index (κ1) is 35.7. The van der Waals surface area contributed by atoms with Gasteiger partial charge in [0.05, 0.1) is 42.2 Å². The number of rotatable bonds is 15. The van der Waals surface area contributed by atoms with Crippen LogP contribution in [0.2, 0.25) is 0 Å². The summed E-state index contributed by atoms with van der Waals surface area (Å²) in [4.78, 5) is 24.5. The van der Waals surface area contributed by atoms with Gasteiger partial charge in [0.2, 0.25) is 22.7 Å². The van der Waals surface area contributed by atoms with Crippen molar-refractivity contribution in [1.29, 1.82) is 0 Å². The van der Waals surface area contributed by atoms with Crippen LogP contribution in [0.15, 0.2) is 47.4 Å². The average Bonchev–Trinajstić information content (AvgIpc) is 3.78. The number of benzene rings is 2. The molecule has 6 atom stereocenters. The van der Waals surface area contributed by atoms with Gasteiger partial charge in [-0.25, -0.2) is 13.2 Å². The molecule has 0 saturated carbocycles. The van der Waals surface area contributed by atoms with Gasteiger partial charge in [0.25, 0.3) is 0 Å². The Morgan fingerprint density at radius 3 is 2.50 bits per heavy atom. The zero-order chi connectivity index (χ0) is 34.4. The normalized spacial score (nSPS) is 21.9. The van der Waals surface area contributed by atoms with Crippen LogP contribution in [0, 0.1) is 11.8 Å². The molecule has 2 amide bonds. The zero-order valence-electron chi connectivity index (χ0n) is 27.6. The highest BCUT2D eigenvalue weighted by atomic mass is 32.2. The van der Waals surface area contributed by atoms with Gasteiger partial charge in [-0.2, -0.15) is 4.31 Å². The van der Waals surface area contributed by atoms with Crippen LogP contribution < -0.4 is 24.8 Å². The number of aliphatic hydroxyl groups excluding tert-OH is 1. The summed E-state index contributed by atoms with van der Waals surface area (Å²) in [6, 6.07) is 10.4. The quantitative estimate of drug-likeness (QED) is 0.251. The Hall–Kier alpha value is -3.63. The van der Waals surface area contributed by atoms with Crippen LogP contribution in [0.5, 0.6) is 17.2 Å². The molecule has 14 nitrogen and oxygen atoms in total. The van der Waals surface area contributed by atoms with Gasteiger partial charge in [-0.05, 0) is 55.5 Å². The Balaban J connectivity index is 1.31. The molecule has 264 valence electrons. The van der Waals surface area contributed by atoms with Gasteiger partial charge in [0.1, 0.15) is 18.5 Å². The third-order valence-electron chi connectivity index (χ3n) is 8.28. The third kappa shape index (κ3) is 9.08. The number of hydrogen-bond acceptors (Lipinski definition) is 11. The van der Waals surface area contributed by atoms with Crippen LogP contribution in [0.3, 0.4) is 0 Å². The van der Waals surface area contributed by atoms with Crippen molar-refractivity contribution in [1.82, 2.24) is 14.9 Å². The average molecular weight is 692 g/mol. The molecule has 3 aliphatic rings. The SMILES string of the molecule is CC(=O)NC(C)COc1ccc(C[C@H](NC(=O)O[C@H]2CO[C@H]3OCC[C@H]32)[C@H](O)CN(CC(C)C)S(=O)(=O)c2ccc3c(c2)OCO3)cc1. The fraction of sp³-hybridized carbons (Fsp3) is 0.576. The van der Waals surface area contributed by atoms with Crippen LogP contribution in [0.4, 0.5) is 4.79 Å². The summed E-state index contributed by atoms with van der Waals surface area (Å²) in [6.07, 6.45) is -2.12. The largest absolute Gasteiger partial charge is 0.491 e. The molecule has 0 radical (unpaired) electrons. The second kappa shape index (κ2) is 15.7. The maximum Gasteiger partial charge on any atom is 0.407 e. The van der Waals surface area contributed by atoms with Crippen molar-refractivity contribution in [3.05, 3.63) is 48.0 Å². The van der Waals surface area contributed by atoms with Crippen LogP contribution in [-0.4, -0.2) is 100 Å². The Labute approximate surface area is 281 Å². The van der Waals surface area contributed by atoms with E-state index in [-0.39, 0.29) is 68.2 Å². The molecule has 3 N–H and O–H groups in total. The summed E-state index contributed by atoms with van der Waals surface area (Å²) >= 11 is 0. The van der Waals surface area contributed by atoms with Gasteiger partial charge in [0, 0.05) is 26.1 Å². The van der Waals surface area contributed by atoms with Crippen molar-refractivity contribution >= 4 is 22.0 Å². The monoisotopic (exact) mass is 691 g/mol. The number of fused-ring (bicyclic) bond motifs is 2. The first-order valence-corrected chi connectivity index (χ1v) is 17.6. The molecule has 48 heavy (non-hydrogen) atoms.